The first-order valence-electron chi connectivity index (χ1n) is 7.93. The number of rotatable bonds is 4. The van der Waals surface area contributed by atoms with Gasteiger partial charge in [0.15, 0.2) is 0 Å². The highest BCUT2D eigenvalue weighted by atomic mass is 16.2. The van der Waals surface area contributed by atoms with Crippen LogP contribution in [-0.4, -0.2) is 24.7 Å². The zero-order chi connectivity index (χ0) is 16.7. The molecular formula is C17H17N5O2. The Labute approximate surface area is 137 Å². The third kappa shape index (κ3) is 2.80. The van der Waals surface area contributed by atoms with Gasteiger partial charge in [0, 0.05) is 36.3 Å². The van der Waals surface area contributed by atoms with Gasteiger partial charge in [0.1, 0.15) is 5.69 Å². The van der Waals surface area contributed by atoms with E-state index >= 15 is 0 Å². The summed E-state index contributed by atoms with van der Waals surface area (Å²) in [5.74, 6) is 0.803. The molecule has 122 valence electrons. The van der Waals surface area contributed by atoms with Gasteiger partial charge in [0.2, 0.25) is 0 Å². The first-order valence-corrected chi connectivity index (χ1v) is 7.93. The largest absolute Gasteiger partial charge is 0.353 e. The number of aromatic nitrogens is 5. The standard InChI is InChI=1S/C17H17N5O2/c1-10-13(12-4-5-22(9-12)8-11-2-3-11)6-15(21-20-10)14-7-18-17(24)19-16(14)23/h4-7,9,11H,2-3,8H2,1H3,(H2,18,19,23,24). The Hall–Kier alpha value is -2.96. The fourth-order valence-corrected chi connectivity index (χ4v) is 2.79. The third-order valence-electron chi connectivity index (χ3n) is 4.30. The van der Waals surface area contributed by atoms with Crippen molar-refractivity contribution in [3.63, 3.8) is 0 Å². The predicted octanol–water partition coefficient (Wildman–Crippen LogP) is 1.71. The number of aromatic amines is 2. The highest BCUT2D eigenvalue weighted by Gasteiger charge is 2.21. The Morgan fingerprint density at radius 3 is 2.83 bits per heavy atom. The molecule has 0 aliphatic heterocycles. The summed E-state index contributed by atoms with van der Waals surface area (Å²) in [7, 11) is 0. The highest BCUT2D eigenvalue weighted by Crippen LogP contribution is 2.32. The van der Waals surface area contributed by atoms with Crippen LogP contribution in [0.2, 0.25) is 0 Å². The topological polar surface area (TPSA) is 96.4 Å². The van der Waals surface area contributed by atoms with Crippen LogP contribution in [0, 0.1) is 12.8 Å². The highest BCUT2D eigenvalue weighted by molar-refractivity contribution is 5.70. The molecule has 0 amide bonds. The summed E-state index contributed by atoms with van der Waals surface area (Å²) >= 11 is 0. The summed E-state index contributed by atoms with van der Waals surface area (Å²) in [5.41, 5.74) is 2.48. The van der Waals surface area contributed by atoms with Crippen LogP contribution in [0.4, 0.5) is 0 Å². The van der Waals surface area contributed by atoms with Crippen molar-refractivity contribution in [1.82, 2.24) is 24.7 Å². The number of H-pyrrole nitrogens is 2. The predicted molar refractivity (Wildman–Crippen MR) is 89.6 cm³/mol. The van der Waals surface area contributed by atoms with Crippen molar-refractivity contribution in [3.8, 4) is 22.4 Å². The maximum absolute atomic E-state index is 12.0. The summed E-state index contributed by atoms with van der Waals surface area (Å²) < 4.78 is 2.19. The van der Waals surface area contributed by atoms with E-state index in [1.54, 1.807) is 0 Å². The molecular weight excluding hydrogens is 306 g/mol. The number of hydrogen-bond acceptors (Lipinski definition) is 4. The van der Waals surface area contributed by atoms with Crippen LogP contribution in [0.5, 0.6) is 0 Å². The van der Waals surface area contributed by atoms with Crippen molar-refractivity contribution in [2.45, 2.75) is 26.3 Å². The molecule has 7 heteroatoms. The van der Waals surface area contributed by atoms with Gasteiger partial charge < -0.3 is 9.55 Å². The lowest BCUT2D eigenvalue weighted by molar-refractivity contribution is 0.630. The Morgan fingerprint density at radius 2 is 2.08 bits per heavy atom. The van der Waals surface area contributed by atoms with Crippen LogP contribution in [0.1, 0.15) is 18.5 Å². The monoisotopic (exact) mass is 323 g/mol. The van der Waals surface area contributed by atoms with Crippen LogP contribution >= 0.6 is 0 Å². The normalized spacial score (nSPS) is 14.0. The number of hydrogen-bond donors (Lipinski definition) is 2. The van der Waals surface area contributed by atoms with E-state index in [1.807, 2.05) is 19.1 Å². The molecule has 0 bridgehead atoms. The van der Waals surface area contributed by atoms with Crippen molar-refractivity contribution < 1.29 is 0 Å². The van der Waals surface area contributed by atoms with E-state index < -0.39 is 11.2 Å². The maximum Gasteiger partial charge on any atom is 0.325 e. The molecule has 1 aliphatic rings. The molecule has 0 saturated heterocycles. The van der Waals surface area contributed by atoms with Gasteiger partial charge in [-0.1, -0.05) is 0 Å². The molecule has 0 unspecified atom stereocenters. The number of aryl methyl sites for hydroxylation is 1. The van der Waals surface area contributed by atoms with E-state index in [0.29, 0.717) is 11.3 Å². The van der Waals surface area contributed by atoms with Crippen molar-refractivity contribution in [2.75, 3.05) is 0 Å². The molecule has 4 rings (SSSR count). The van der Waals surface area contributed by atoms with Gasteiger partial charge in [-0.25, -0.2) is 4.79 Å². The summed E-state index contributed by atoms with van der Waals surface area (Å²) in [6.07, 6.45) is 8.15. The molecule has 2 N–H and O–H groups in total. The fourth-order valence-electron chi connectivity index (χ4n) is 2.79. The molecule has 3 aromatic rings. The Morgan fingerprint density at radius 1 is 1.25 bits per heavy atom. The molecule has 1 fully saturated rings. The lowest BCUT2D eigenvalue weighted by Crippen LogP contribution is -2.22. The molecule has 0 radical (unpaired) electrons. The molecule has 0 spiro atoms. The van der Waals surface area contributed by atoms with Crippen LogP contribution in [0.15, 0.2) is 40.3 Å². The minimum absolute atomic E-state index is 0.292. The van der Waals surface area contributed by atoms with E-state index in [4.69, 9.17) is 0 Å². The van der Waals surface area contributed by atoms with Gasteiger partial charge in [0.05, 0.1) is 11.3 Å². The van der Waals surface area contributed by atoms with Crippen molar-refractivity contribution in [2.24, 2.45) is 5.92 Å². The first-order chi connectivity index (χ1) is 11.6. The minimum Gasteiger partial charge on any atom is -0.353 e. The minimum atomic E-state index is -0.541. The van der Waals surface area contributed by atoms with Crippen molar-refractivity contribution in [3.05, 3.63) is 57.3 Å². The van der Waals surface area contributed by atoms with Gasteiger partial charge in [-0.15, -0.1) is 5.10 Å². The van der Waals surface area contributed by atoms with Gasteiger partial charge in [-0.05, 0) is 37.8 Å². The summed E-state index contributed by atoms with van der Waals surface area (Å²) in [6, 6.07) is 3.88. The molecule has 3 aromatic heterocycles. The number of nitrogens with zero attached hydrogens (tertiary/aromatic N) is 3. The quantitative estimate of drug-likeness (QED) is 0.764. The summed E-state index contributed by atoms with van der Waals surface area (Å²) in [6.45, 7) is 2.94. The van der Waals surface area contributed by atoms with E-state index in [9.17, 15) is 9.59 Å². The second-order valence-electron chi connectivity index (χ2n) is 6.25. The van der Waals surface area contributed by atoms with Crippen LogP contribution in [0.25, 0.3) is 22.4 Å². The van der Waals surface area contributed by atoms with Crippen LogP contribution in [-0.2, 0) is 6.54 Å². The molecule has 1 saturated carbocycles. The summed E-state index contributed by atoms with van der Waals surface area (Å²) in [5, 5.41) is 8.27. The van der Waals surface area contributed by atoms with Gasteiger partial charge >= 0.3 is 5.69 Å². The number of nitrogens with one attached hydrogen (secondary N) is 2. The third-order valence-corrected chi connectivity index (χ3v) is 4.30. The fraction of sp³-hybridized carbons (Fsp3) is 0.294. The van der Waals surface area contributed by atoms with Crippen LogP contribution in [0.3, 0.4) is 0 Å². The molecule has 0 atom stereocenters. The molecule has 24 heavy (non-hydrogen) atoms. The lowest BCUT2D eigenvalue weighted by Gasteiger charge is -2.05. The Bertz CT molecular complexity index is 1010. The van der Waals surface area contributed by atoms with Crippen molar-refractivity contribution >= 4 is 0 Å². The maximum atomic E-state index is 12.0. The van der Waals surface area contributed by atoms with Gasteiger partial charge in [-0.2, -0.15) is 5.10 Å². The second kappa shape index (κ2) is 5.59. The average molecular weight is 323 g/mol. The van der Waals surface area contributed by atoms with E-state index in [2.05, 4.69) is 37.1 Å². The SMILES string of the molecule is Cc1nnc(-c2c[nH]c(=O)[nH]c2=O)cc1-c1ccn(CC2CC2)c1. The average Bonchev–Trinajstić information content (AvgIpc) is 3.24. The molecule has 1 aliphatic carbocycles. The molecule has 3 heterocycles. The Kier molecular flexibility index (Phi) is 3.41. The lowest BCUT2D eigenvalue weighted by atomic mass is 10.1. The first kappa shape index (κ1) is 14.6. The van der Waals surface area contributed by atoms with E-state index in [1.165, 1.54) is 19.0 Å². The Balaban J connectivity index is 1.74. The zero-order valence-corrected chi connectivity index (χ0v) is 13.2. The van der Waals surface area contributed by atoms with E-state index in [-0.39, 0.29) is 0 Å². The van der Waals surface area contributed by atoms with Crippen molar-refractivity contribution in [1.29, 1.82) is 0 Å². The van der Waals surface area contributed by atoms with E-state index in [0.717, 1.165) is 29.3 Å². The second-order valence-corrected chi connectivity index (χ2v) is 6.25. The molecule has 0 aromatic carbocycles. The molecule has 7 nitrogen and oxygen atoms in total. The summed E-state index contributed by atoms with van der Waals surface area (Å²) in [4.78, 5) is 27.8. The smallest absolute Gasteiger partial charge is 0.325 e. The zero-order valence-electron chi connectivity index (χ0n) is 13.2. The van der Waals surface area contributed by atoms with Crippen LogP contribution < -0.4 is 11.2 Å². The van der Waals surface area contributed by atoms with Gasteiger partial charge in [0.25, 0.3) is 5.56 Å². The van der Waals surface area contributed by atoms with Gasteiger partial charge in [-0.3, -0.25) is 9.78 Å².